The maximum atomic E-state index is 12.0. The van der Waals surface area contributed by atoms with E-state index in [1.165, 1.54) is 18.9 Å². The molecule has 0 aromatic carbocycles. The Bertz CT molecular complexity index is 427. The van der Waals surface area contributed by atoms with Gasteiger partial charge in [0, 0.05) is 12.6 Å². The summed E-state index contributed by atoms with van der Waals surface area (Å²) < 4.78 is 0. The molecule has 0 bridgehead atoms. The minimum atomic E-state index is -0.131. The molecule has 84 valence electrons. The summed E-state index contributed by atoms with van der Waals surface area (Å²) in [5.41, 5.74) is 5.85. The van der Waals surface area contributed by atoms with Crippen molar-refractivity contribution < 1.29 is 4.79 Å². The summed E-state index contributed by atoms with van der Waals surface area (Å²) in [5, 5.41) is 6.33. The predicted octanol–water partition coefficient (Wildman–Crippen LogP) is 0.477. The molecule has 1 heterocycles. The van der Waals surface area contributed by atoms with E-state index < -0.39 is 0 Å². The van der Waals surface area contributed by atoms with Crippen LogP contribution in [0.4, 0.5) is 5.82 Å². The third kappa shape index (κ3) is 2.34. The van der Waals surface area contributed by atoms with Crippen LogP contribution in [-0.2, 0) is 0 Å². The van der Waals surface area contributed by atoms with Crippen LogP contribution in [-0.4, -0.2) is 34.1 Å². The number of amides is 1. The van der Waals surface area contributed by atoms with Crippen molar-refractivity contribution in [2.24, 2.45) is 5.92 Å². The lowest BCUT2D eigenvalue weighted by molar-refractivity contribution is 0.0764. The maximum Gasteiger partial charge on any atom is 0.272 e. The Hall–Kier alpha value is -1.96. The molecule has 5 heteroatoms. The van der Waals surface area contributed by atoms with Gasteiger partial charge in [0.1, 0.15) is 11.5 Å². The molecule has 5 nitrogen and oxygen atoms in total. The third-order valence-electron chi connectivity index (χ3n) is 2.57. The summed E-state index contributed by atoms with van der Waals surface area (Å²) in [6.07, 6.45) is 7.61. The van der Waals surface area contributed by atoms with E-state index in [1.807, 2.05) is 0 Å². The highest BCUT2D eigenvalue weighted by molar-refractivity contribution is 5.93. The molecule has 1 aromatic heterocycles. The van der Waals surface area contributed by atoms with Gasteiger partial charge in [-0.3, -0.25) is 9.89 Å². The summed E-state index contributed by atoms with van der Waals surface area (Å²) in [4.78, 5) is 13.7. The lowest BCUT2D eigenvalue weighted by Gasteiger charge is -2.18. The predicted molar refractivity (Wildman–Crippen MR) is 60.5 cm³/mol. The number of nitrogens with two attached hydrogens (primary N) is 1. The van der Waals surface area contributed by atoms with E-state index in [2.05, 4.69) is 16.1 Å². The van der Waals surface area contributed by atoms with Crippen LogP contribution in [0.1, 0.15) is 23.3 Å². The number of hydrogen-bond acceptors (Lipinski definition) is 3. The van der Waals surface area contributed by atoms with Gasteiger partial charge in [0.05, 0.1) is 6.54 Å². The molecule has 2 rings (SSSR count). The Labute approximate surface area is 94.0 Å². The summed E-state index contributed by atoms with van der Waals surface area (Å²) >= 11 is 0. The molecule has 0 saturated heterocycles. The van der Waals surface area contributed by atoms with Gasteiger partial charge in [0.15, 0.2) is 0 Å². The number of rotatable bonds is 4. The second-order valence-electron chi connectivity index (χ2n) is 4.04. The first-order chi connectivity index (χ1) is 7.70. The minimum absolute atomic E-state index is 0.131. The van der Waals surface area contributed by atoms with Crippen LogP contribution in [0.5, 0.6) is 0 Å². The van der Waals surface area contributed by atoms with Gasteiger partial charge in [-0.25, -0.2) is 0 Å². The zero-order valence-corrected chi connectivity index (χ0v) is 8.94. The average Bonchev–Trinajstić information content (AvgIpc) is 2.97. The Morgan fingerprint density at radius 1 is 1.75 bits per heavy atom. The first-order valence-electron chi connectivity index (χ1n) is 5.24. The molecule has 0 aliphatic heterocycles. The van der Waals surface area contributed by atoms with Gasteiger partial charge < -0.3 is 10.6 Å². The normalized spacial score (nSPS) is 14.4. The molecule has 1 amide bonds. The number of carbonyl (C=O) groups is 1. The van der Waals surface area contributed by atoms with E-state index in [9.17, 15) is 4.79 Å². The van der Waals surface area contributed by atoms with Gasteiger partial charge in [0.2, 0.25) is 0 Å². The fourth-order valence-corrected chi connectivity index (χ4v) is 1.56. The molecular weight excluding hydrogens is 204 g/mol. The van der Waals surface area contributed by atoms with E-state index in [1.54, 1.807) is 4.90 Å². The van der Waals surface area contributed by atoms with Crippen LogP contribution >= 0.6 is 0 Å². The topological polar surface area (TPSA) is 75.0 Å². The van der Waals surface area contributed by atoms with E-state index in [0.717, 1.165) is 6.54 Å². The first kappa shape index (κ1) is 10.6. The number of terminal acetylenes is 1. The first-order valence-corrected chi connectivity index (χ1v) is 5.24. The van der Waals surface area contributed by atoms with Crippen molar-refractivity contribution >= 4 is 11.7 Å². The molecule has 1 aromatic rings. The number of hydrogen-bond donors (Lipinski definition) is 2. The molecular formula is C11H14N4O. The zero-order valence-electron chi connectivity index (χ0n) is 8.94. The highest BCUT2D eigenvalue weighted by Gasteiger charge is 2.27. The molecule has 1 fully saturated rings. The molecule has 1 saturated carbocycles. The third-order valence-corrected chi connectivity index (χ3v) is 2.57. The average molecular weight is 218 g/mol. The SMILES string of the molecule is C#CCN(CC1CC1)C(=O)c1cc(N)n[nH]1. The molecule has 1 aliphatic carbocycles. The molecule has 1 aliphatic rings. The van der Waals surface area contributed by atoms with Gasteiger partial charge in [-0.15, -0.1) is 6.42 Å². The standard InChI is InChI=1S/C11H14N4O/c1-2-5-15(7-8-3-4-8)11(16)9-6-10(12)14-13-9/h1,6,8H,3-5,7H2,(H3,12,13,14). The summed E-state index contributed by atoms with van der Waals surface area (Å²) in [6, 6.07) is 1.53. The molecule has 0 spiro atoms. The zero-order chi connectivity index (χ0) is 11.5. The van der Waals surface area contributed by atoms with Gasteiger partial charge in [-0.1, -0.05) is 5.92 Å². The van der Waals surface area contributed by atoms with Crippen molar-refractivity contribution in [3.8, 4) is 12.3 Å². The molecule has 0 atom stereocenters. The van der Waals surface area contributed by atoms with Crippen LogP contribution in [0.2, 0.25) is 0 Å². The molecule has 16 heavy (non-hydrogen) atoms. The van der Waals surface area contributed by atoms with Crippen LogP contribution in [0.15, 0.2) is 6.07 Å². The molecule has 0 radical (unpaired) electrons. The lowest BCUT2D eigenvalue weighted by atomic mass is 10.3. The van der Waals surface area contributed by atoms with E-state index in [-0.39, 0.29) is 5.91 Å². The maximum absolute atomic E-state index is 12.0. The quantitative estimate of drug-likeness (QED) is 0.722. The van der Waals surface area contributed by atoms with E-state index in [0.29, 0.717) is 24.0 Å². The Morgan fingerprint density at radius 2 is 2.50 bits per heavy atom. The molecule has 3 N–H and O–H groups in total. The summed E-state index contributed by atoms with van der Waals surface area (Å²) in [5.74, 6) is 3.29. The number of nitrogen functional groups attached to an aromatic ring is 1. The smallest absolute Gasteiger partial charge is 0.272 e. The van der Waals surface area contributed by atoms with Crippen LogP contribution in [0.25, 0.3) is 0 Å². The summed E-state index contributed by atoms with van der Waals surface area (Å²) in [6.45, 7) is 1.05. The molecule has 0 unspecified atom stereocenters. The van der Waals surface area contributed by atoms with Crippen LogP contribution < -0.4 is 5.73 Å². The van der Waals surface area contributed by atoms with Crippen molar-refractivity contribution in [1.82, 2.24) is 15.1 Å². The Kier molecular flexibility index (Phi) is 2.82. The highest BCUT2D eigenvalue weighted by atomic mass is 16.2. The number of nitrogens with one attached hydrogen (secondary N) is 1. The minimum Gasteiger partial charge on any atom is -0.382 e. The highest BCUT2D eigenvalue weighted by Crippen LogP contribution is 2.30. The second-order valence-corrected chi connectivity index (χ2v) is 4.04. The lowest BCUT2D eigenvalue weighted by Crippen LogP contribution is -2.33. The van der Waals surface area contributed by atoms with E-state index >= 15 is 0 Å². The fourth-order valence-electron chi connectivity index (χ4n) is 1.56. The Morgan fingerprint density at radius 3 is 3.00 bits per heavy atom. The van der Waals surface area contributed by atoms with Gasteiger partial charge in [-0.2, -0.15) is 5.10 Å². The number of nitrogens with zero attached hydrogens (tertiary/aromatic N) is 2. The van der Waals surface area contributed by atoms with Gasteiger partial charge in [-0.05, 0) is 18.8 Å². The van der Waals surface area contributed by atoms with Crippen LogP contribution in [0, 0.1) is 18.3 Å². The Balaban J connectivity index is 2.06. The van der Waals surface area contributed by atoms with Gasteiger partial charge >= 0.3 is 0 Å². The number of H-pyrrole nitrogens is 1. The van der Waals surface area contributed by atoms with Gasteiger partial charge in [0.25, 0.3) is 5.91 Å². The number of carbonyl (C=O) groups excluding carboxylic acids is 1. The van der Waals surface area contributed by atoms with Crippen molar-refractivity contribution in [2.45, 2.75) is 12.8 Å². The summed E-state index contributed by atoms with van der Waals surface area (Å²) in [7, 11) is 0. The number of aromatic amines is 1. The number of anilines is 1. The largest absolute Gasteiger partial charge is 0.382 e. The van der Waals surface area contributed by atoms with Crippen molar-refractivity contribution in [2.75, 3.05) is 18.8 Å². The van der Waals surface area contributed by atoms with Crippen molar-refractivity contribution in [3.63, 3.8) is 0 Å². The second kappa shape index (κ2) is 4.27. The van der Waals surface area contributed by atoms with Crippen molar-refractivity contribution in [3.05, 3.63) is 11.8 Å². The number of aromatic nitrogens is 2. The fraction of sp³-hybridized carbons (Fsp3) is 0.455. The van der Waals surface area contributed by atoms with E-state index in [4.69, 9.17) is 12.2 Å². The monoisotopic (exact) mass is 218 g/mol. The van der Waals surface area contributed by atoms with Crippen molar-refractivity contribution in [1.29, 1.82) is 0 Å². The van der Waals surface area contributed by atoms with Crippen LogP contribution in [0.3, 0.4) is 0 Å².